The lowest BCUT2D eigenvalue weighted by Gasteiger charge is -2.29. The molecule has 3 N–H and O–H groups in total. The summed E-state index contributed by atoms with van der Waals surface area (Å²) in [4.78, 5) is 11.9. The zero-order chi connectivity index (χ0) is 14.4. The van der Waals surface area contributed by atoms with Gasteiger partial charge in [-0.05, 0) is 41.5 Å². The Hall–Kier alpha value is -0.650. The molecule has 0 aromatic rings. The maximum atomic E-state index is 11.9. The third-order valence-corrected chi connectivity index (χ3v) is 1.90. The van der Waals surface area contributed by atoms with Gasteiger partial charge < -0.3 is 20.5 Å². The Morgan fingerprint density at radius 1 is 1.17 bits per heavy atom. The number of nitrogens with two attached hydrogens (primary N) is 1. The van der Waals surface area contributed by atoms with Crippen LogP contribution < -0.4 is 11.1 Å². The van der Waals surface area contributed by atoms with Crippen LogP contribution in [0.3, 0.4) is 0 Å². The van der Waals surface area contributed by atoms with Crippen molar-refractivity contribution >= 4 is 5.91 Å². The Bertz CT molecular complexity index is 254. The van der Waals surface area contributed by atoms with Crippen LogP contribution in [0.25, 0.3) is 0 Å². The molecule has 0 bridgehead atoms. The lowest BCUT2D eigenvalue weighted by Crippen LogP contribution is -2.45. The van der Waals surface area contributed by atoms with E-state index in [-0.39, 0.29) is 18.1 Å². The van der Waals surface area contributed by atoms with Crippen molar-refractivity contribution in [3.63, 3.8) is 0 Å². The molecular formula is C13H28N2O3. The second kappa shape index (κ2) is 7.07. The molecule has 5 nitrogen and oxygen atoms in total. The van der Waals surface area contributed by atoms with E-state index >= 15 is 0 Å². The van der Waals surface area contributed by atoms with Gasteiger partial charge in [0.2, 0.25) is 0 Å². The van der Waals surface area contributed by atoms with Gasteiger partial charge in [0, 0.05) is 13.1 Å². The van der Waals surface area contributed by atoms with Crippen molar-refractivity contribution < 1.29 is 14.3 Å². The first kappa shape index (κ1) is 17.4. The highest BCUT2D eigenvalue weighted by molar-refractivity contribution is 5.80. The molecule has 0 rings (SSSR count). The third kappa shape index (κ3) is 9.39. The van der Waals surface area contributed by atoms with Crippen LogP contribution in [-0.4, -0.2) is 42.9 Å². The quantitative estimate of drug-likeness (QED) is 0.749. The average molecular weight is 260 g/mol. The van der Waals surface area contributed by atoms with Gasteiger partial charge in [-0.15, -0.1) is 0 Å². The molecule has 0 saturated carbocycles. The van der Waals surface area contributed by atoms with E-state index in [1.807, 2.05) is 41.5 Å². The van der Waals surface area contributed by atoms with Crippen LogP contribution in [0.5, 0.6) is 0 Å². The standard InChI is InChI=1S/C13H28N2O3/c1-12(2,3)17-9-10(18-13(4,5)6)11(16)15-8-7-14/h10H,7-9,14H2,1-6H3,(H,15,16). The summed E-state index contributed by atoms with van der Waals surface area (Å²) >= 11 is 0. The van der Waals surface area contributed by atoms with Crippen LogP contribution in [0, 0.1) is 0 Å². The lowest BCUT2D eigenvalue weighted by atomic mass is 10.1. The van der Waals surface area contributed by atoms with E-state index in [2.05, 4.69) is 5.32 Å². The Labute approximate surface area is 110 Å². The SMILES string of the molecule is CC(C)(C)OCC(OC(C)(C)C)C(=O)NCCN. The minimum absolute atomic E-state index is 0.181. The van der Waals surface area contributed by atoms with Gasteiger partial charge in [-0.3, -0.25) is 4.79 Å². The number of amides is 1. The van der Waals surface area contributed by atoms with Gasteiger partial charge in [-0.2, -0.15) is 0 Å². The van der Waals surface area contributed by atoms with Gasteiger partial charge in [0.05, 0.1) is 17.8 Å². The zero-order valence-corrected chi connectivity index (χ0v) is 12.5. The molecule has 1 amide bonds. The van der Waals surface area contributed by atoms with Gasteiger partial charge in [0.1, 0.15) is 0 Å². The summed E-state index contributed by atoms with van der Waals surface area (Å²) in [6, 6.07) is 0. The largest absolute Gasteiger partial charge is 0.373 e. The molecule has 0 aromatic carbocycles. The van der Waals surface area contributed by atoms with Crippen molar-refractivity contribution in [1.29, 1.82) is 0 Å². The van der Waals surface area contributed by atoms with E-state index in [1.54, 1.807) is 0 Å². The van der Waals surface area contributed by atoms with Crippen molar-refractivity contribution in [1.82, 2.24) is 5.32 Å². The molecule has 0 radical (unpaired) electrons. The summed E-state index contributed by atoms with van der Waals surface area (Å²) in [6.45, 7) is 12.6. The van der Waals surface area contributed by atoms with Crippen LogP contribution >= 0.6 is 0 Å². The Balaban J connectivity index is 4.47. The molecule has 0 aliphatic carbocycles. The molecule has 0 fully saturated rings. The normalized spacial score (nSPS) is 14.4. The van der Waals surface area contributed by atoms with Crippen molar-refractivity contribution in [3.8, 4) is 0 Å². The van der Waals surface area contributed by atoms with E-state index in [0.717, 1.165) is 0 Å². The minimum atomic E-state index is -0.615. The molecule has 108 valence electrons. The summed E-state index contributed by atoms with van der Waals surface area (Å²) in [5.74, 6) is -0.181. The van der Waals surface area contributed by atoms with Crippen LogP contribution in [0.1, 0.15) is 41.5 Å². The van der Waals surface area contributed by atoms with Crippen LogP contribution in [0.2, 0.25) is 0 Å². The average Bonchev–Trinajstić information content (AvgIpc) is 2.17. The van der Waals surface area contributed by atoms with E-state index in [0.29, 0.717) is 13.1 Å². The first-order valence-electron chi connectivity index (χ1n) is 6.35. The number of hydrogen-bond donors (Lipinski definition) is 2. The summed E-state index contributed by atoms with van der Waals surface area (Å²) in [5, 5.41) is 2.72. The number of carbonyl (C=O) groups is 1. The summed E-state index contributed by atoms with van der Waals surface area (Å²) in [7, 11) is 0. The van der Waals surface area contributed by atoms with Gasteiger partial charge >= 0.3 is 0 Å². The first-order valence-corrected chi connectivity index (χ1v) is 6.35. The van der Waals surface area contributed by atoms with Gasteiger partial charge in [0.15, 0.2) is 6.10 Å². The lowest BCUT2D eigenvalue weighted by molar-refractivity contribution is -0.155. The maximum Gasteiger partial charge on any atom is 0.251 e. The molecule has 0 aromatic heterocycles. The molecule has 1 atom stereocenters. The summed E-state index contributed by atoms with van der Waals surface area (Å²) < 4.78 is 11.3. The fourth-order valence-electron chi connectivity index (χ4n) is 1.22. The second-order valence-corrected chi connectivity index (χ2v) is 6.22. The summed E-state index contributed by atoms with van der Waals surface area (Å²) in [5.41, 5.74) is 4.67. The van der Waals surface area contributed by atoms with Crippen molar-refractivity contribution in [2.24, 2.45) is 5.73 Å². The third-order valence-electron chi connectivity index (χ3n) is 1.90. The molecular weight excluding hydrogens is 232 g/mol. The number of ether oxygens (including phenoxy) is 2. The molecule has 0 saturated heterocycles. The maximum absolute atomic E-state index is 11.9. The molecule has 0 aliphatic heterocycles. The number of carbonyl (C=O) groups excluding carboxylic acids is 1. The molecule has 18 heavy (non-hydrogen) atoms. The molecule has 0 spiro atoms. The second-order valence-electron chi connectivity index (χ2n) is 6.22. The highest BCUT2D eigenvalue weighted by atomic mass is 16.6. The fraction of sp³-hybridized carbons (Fsp3) is 0.923. The smallest absolute Gasteiger partial charge is 0.251 e. The van der Waals surface area contributed by atoms with E-state index in [9.17, 15) is 4.79 Å². The van der Waals surface area contributed by atoms with Crippen LogP contribution in [0.4, 0.5) is 0 Å². The number of nitrogens with one attached hydrogen (secondary N) is 1. The Kier molecular flexibility index (Phi) is 6.81. The van der Waals surface area contributed by atoms with Gasteiger partial charge in [0.25, 0.3) is 5.91 Å². The predicted octanol–water partition coefficient (Wildman–Crippen LogP) is 1.06. The van der Waals surface area contributed by atoms with Crippen molar-refractivity contribution in [2.75, 3.05) is 19.7 Å². The number of hydrogen-bond acceptors (Lipinski definition) is 4. The Morgan fingerprint density at radius 2 is 1.72 bits per heavy atom. The topological polar surface area (TPSA) is 73.6 Å². The van der Waals surface area contributed by atoms with Crippen LogP contribution in [-0.2, 0) is 14.3 Å². The summed E-state index contributed by atoms with van der Waals surface area (Å²) in [6.07, 6.45) is -0.615. The van der Waals surface area contributed by atoms with Gasteiger partial charge in [-0.25, -0.2) is 0 Å². The molecule has 0 heterocycles. The van der Waals surface area contributed by atoms with E-state index in [1.165, 1.54) is 0 Å². The fourth-order valence-corrected chi connectivity index (χ4v) is 1.22. The molecule has 1 unspecified atom stereocenters. The predicted molar refractivity (Wildman–Crippen MR) is 72.4 cm³/mol. The first-order chi connectivity index (χ1) is 8.05. The minimum Gasteiger partial charge on any atom is -0.373 e. The van der Waals surface area contributed by atoms with E-state index in [4.69, 9.17) is 15.2 Å². The monoisotopic (exact) mass is 260 g/mol. The van der Waals surface area contributed by atoms with Gasteiger partial charge in [-0.1, -0.05) is 0 Å². The molecule has 5 heteroatoms. The van der Waals surface area contributed by atoms with Crippen molar-refractivity contribution in [3.05, 3.63) is 0 Å². The zero-order valence-electron chi connectivity index (χ0n) is 12.5. The van der Waals surface area contributed by atoms with Crippen LogP contribution in [0.15, 0.2) is 0 Å². The highest BCUT2D eigenvalue weighted by Gasteiger charge is 2.27. The highest BCUT2D eigenvalue weighted by Crippen LogP contribution is 2.14. The molecule has 0 aliphatic rings. The number of rotatable bonds is 6. The van der Waals surface area contributed by atoms with Crippen molar-refractivity contribution in [2.45, 2.75) is 58.8 Å². The van der Waals surface area contributed by atoms with E-state index < -0.39 is 11.7 Å². The Morgan fingerprint density at radius 3 is 2.11 bits per heavy atom.